The van der Waals surface area contributed by atoms with E-state index in [0.29, 0.717) is 34.1 Å². The van der Waals surface area contributed by atoms with Crippen LogP contribution in [-0.2, 0) is 0 Å². The molecule has 0 aliphatic heterocycles. The van der Waals surface area contributed by atoms with E-state index in [4.69, 9.17) is 16.3 Å². The lowest BCUT2D eigenvalue weighted by atomic mass is 10.1. The number of nitrogens with zero attached hydrogens (tertiary/aromatic N) is 4. The summed E-state index contributed by atoms with van der Waals surface area (Å²) >= 11 is 6.33. The third-order valence-corrected chi connectivity index (χ3v) is 4.61. The molecule has 4 aromatic rings. The Morgan fingerprint density at radius 1 is 1.14 bits per heavy atom. The number of aryl methyl sites for hydroxylation is 1. The van der Waals surface area contributed by atoms with Crippen molar-refractivity contribution in [3.05, 3.63) is 75.4 Å². The third-order valence-electron chi connectivity index (χ3n) is 4.31. The van der Waals surface area contributed by atoms with E-state index >= 15 is 0 Å². The summed E-state index contributed by atoms with van der Waals surface area (Å²) < 4.78 is 6.76. The van der Waals surface area contributed by atoms with E-state index in [-0.39, 0.29) is 5.56 Å². The lowest BCUT2D eigenvalue weighted by Crippen LogP contribution is -2.20. The van der Waals surface area contributed by atoms with E-state index in [9.17, 15) is 4.79 Å². The Bertz CT molecular complexity index is 1280. The van der Waals surface area contributed by atoms with Gasteiger partial charge >= 0.3 is 0 Å². The van der Waals surface area contributed by atoms with Gasteiger partial charge in [0.1, 0.15) is 16.7 Å². The van der Waals surface area contributed by atoms with E-state index in [0.717, 1.165) is 16.7 Å². The van der Waals surface area contributed by atoms with Crippen LogP contribution in [0, 0.1) is 6.92 Å². The predicted octanol–water partition coefficient (Wildman–Crippen LogP) is 4.19. The fourth-order valence-corrected chi connectivity index (χ4v) is 3.17. The molecule has 0 fully saturated rings. The van der Waals surface area contributed by atoms with E-state index in [1.165, 1.54) is 10.9 Å². The maximum atomic E-state index is 12.7. The molecule has 2 heterocycles. The topological polar surface area (TPSA) is 69.4 Å². The minimum atomic E-state index is -0.231. The van der Waals surface area contributed by atoms with Crippen LogP contribution in [-0.4, -0.2) is 27.5 Å². The molecule has 0 bridgehead atoms. The molecule has 0 aliphatic rings. The molecular weight excluding hydrogens is 376 g/mol. The Kier molecular flexibility index (Phi) is 4.79. The first-order valence-electron chi connectivity index (χ1n) is 8.82. The molecule has 0 radical (unpaired) electrons. The molecule has 0 saturated heterocycles. The quantitative estimate of drug-likeness (QED) is 0.385. The zero-order chi connectivity index (χ0) is 19.7. The fourth-order valence-electron chi connectivity index (χ4n) is 2.98. The van der Waals surface area contributed by atoms with Crippen molar-refractivity contribution in [1.82, 2.24) is 14.6 Å². The normalized spacial score (nSPS) is 11.5. The van der Waals surface area contributed by atoms with Gasteiger partial charge in [0.15, 0.2) is 0 Å². The second-order valence-corrected chi connectivity index (χ2v) is 6.55. The zero-order valence-corrected chi connectivity index (χ0v) is 16.1. The average molecular weight is 393 g/mol. The smallest absolute Gasteiger partial charge is 0.282 e. The molecule has 7 heteroatoms. The maximum absolute atomic E-state index is 12.7. The Balaban J connectivity index is 1.76. The number of hydrogen-bond donors (Lipinski definition) is 0. The lowest BCUT2D eigenvalue weighted by Gasteiger charge is -2.07. The summed E-state index contributed by atoms with van der Waals surface area (Å²) in [6.45, 7) is 4.24. The summed E-state index contributed by atoms with van der Waals surface area (Å²) in [5.74, 6) is 1.23. The monoisotopic (exact) mass is 392 g/mol. The first-order valence-corrected chi connectivity index (χ1v) is 9.20. The number of para-hydroxylation sites is 1. The van der Waals surface area contributed by atoms with Gasteiger partial charge in [-0.2, -0.15) is 9.78 Å². The van der Waals surface area contributed by atoms with Gasteiger partial charge in [-0.1, -0.05) is 23.7 Å². The highest BCUT2D eigenvalue weighted by Gasteiger charge is 2.08. The minimum absolute atomic E-state index is 0.231. The predicted molar refractivity (Wildman–Crippen MR) is 112 cm³/mol. The van der Waals surface area contributed by atoms with Gasteiger partial charge < -0.3 is 4.74 Å². The fraction of sp³-hybridized carbons (Fsp3) is 0.143. The Hall–Kier alpha value is -3.25. The summed E-state index contributed by atoms with van der Waals surface area (Å²) in [5.41, 5.74) is 1.75. The van der Waals surface area contributed by atoms with Gasteiger partial charge in [0.2, 0.25) is 0 Å². The molecule has 0 unspecified atom stereocenters. The molecule has 6 nitrogen and oxygen atoms in total. The van der Waals surface area contributed by atoms with Gasteiger partial charge in [-0.3, -0.25) is 4.79 Å². The summed E-state index contributed by atoms with van der Waals surface area (Å²) in [6.07, 6.45) is 1.52. The van der Waals surface area contributed by atoms with E-state index in [2.05, 4.69) is 15.1 Å². The van der Waals surface area contributed by atoms with E-state index < -0.39 is 0 Å². The van der Waals surface area contributed by atoms with Crippen LogP contribution in [0.1, 0.15) is 18.3 Å². The second kappa shape index (κ2) is 7.40. The number of aromatic nitrogens is 3. The number of hydrogen-bond acceptors (Lipinski definition) is 5. The van der Waals surface area contributed by atoms with Crippen molar-refractivity contribution in [2.24, 2.45) is 5.10 Å². The lowest BCUT2D eigenvalue weighted by molar-refractivity contribution is 0.340. The molecule has 2 aromatic heterocycles. The van der Waals surface area contributed by atoms with Gasteiger partial charge in [-0.15, -0.1) is 0 Å². The van der Waals surface area contributed by atoms with Crippen LogP contribution in [0.15, 0.2) is 58.4 Å². The first-order chi connectivity index (χ1) is 13.6. The molecule has 4 rings (SSSR count). The Labute approximate surface area is 166 Å². The molecule has 2 aromatic carbocycles. The van der Waals surface area contributed by atoms with Crippen molar-refractivity contribution in [2.75, 3.05) is 6.61 Å². The highest BCUT2D eigenvalue weighted by Crippen LogP contribution is 2.23. The Morgan fingerprint density at radius 3 is 2.79 bits per heavy atom. The number of fused-ring (bicyclic) bond motifs is 2. The van der Waals surface area contributed by atoms with Crippen LogP contribution in [0.2, 0.25) is 5.15 Å². The summed E-state index contributed by atoms with van der Waals surface area (Å²) in [6, 6.07) is 14.7. The minimum Gasteiger partial charge on any atom is -0.494 e. The second-order valence-electron chi connectivity index (χ2n) is 6.19. The molecule has 0 atom stereocenters. The van der Waals surface area contributed by atoms with Crippen molar-refractivity contribution < 1.29 is 4.74 Å². The van der Waals surface area contributed by atoms with Crippen molar-refractivity contribution in [3.8, 4) is 5.75 Å². The Morgan fingerprint density at radius 2 is 1.96 bits per heavy atom. The number of pyridine rings is 1. The molecule has 0 amide bonds. The largest absolute Gasteiger partial charge is 0.494 e. The van der Waals surface area contributed by atoms with Crippen LogP contribution in [0.5, 0.6) is 5.75 Å². The van der Waals surface area contributed by atoms with Crippen molar-refractivity contribution in [3.63, 3.8) is 0 Å². The van der Waals surface area contributed by atoms with Gasteiger partial charge in [0.25, 0.3) is 5.56 Å². The van der Waals surface area contributed by atoms with Gasteiger partial charge in [0.05, 0.1) is 29.2 Å². The van der Waals surface area contributed by atoms with Crippen molar-refractivity contribution in [1.29, 1.82) is 0 Å². The molecule has 28 heavy (non-hydrogen) atoms. The number of ether oxygens (including phenoxy) is 1. The molecular formula is C21H17ClN4O2. The molecule has 0 aliphatic carbocycles. The first kappa shape index (κ1) is 18.1. The summed E-state index contributed by atoms with van der Waals surface area (Å²) in [5, 5.41) is 6.01. The van der Waals surface area contributed by atoms with E-state index in [1.807, 2.05) is 37.3 Å². The van der Waals surface area contributed by atoms with E-state index in [1.54, 1.807) is 25.1 Å². The highest BCUT2D eigenvalue weighted by atomic mass is 35.5. The van der Waals surface area contributed by atoms with Crippen LogP contribution in [0.25, 0.3) is 21.8 Å². The molecule has 140 valence electrons. The van der Waals surface area contributed by atoms with Crippen molar-refractivity contribution >= 4 is 39.6 Å². The molecule has 0 spiro atoms. The average Bonchev–Trinajstić information content (AvgIpc) is 2.68. The third kappa shape index (κ3) is 3.34. The number of rotatable bonds is 4. The highest BCUT2D eigenvalue weighted by molar-refractivity contribution is 6.32. The number of benzene rings is 2. The van der Waals surface area contributed by atoms with Crippen molar-refractivity contribution in [2.45, 2.75) is 13.8 Å². The zero-order valence-electron chi connectivity index (χ0n) is 15.4. The summed E-state index contributed by atoms with van der Waals surface area (Å²) in [4.78, 5) is 21.6. The number of halogens is 1. The van der Waals surface area contributed by atoms with Crippen LogP contribution < -0.4 is 10.3 Å². The van der Waals surface area contributed by atoms with Gasteiger partial charge in [0, 0.05) is 17.0 Å². The van der Waals surface area contributed by atoms with Gasteiger partial charge in [-0.25, -0.2) is 9.97 Å². The molecule has 0 saturated carbocycles. The molecule has 0 N–H and O–H groups in total. The maximum Gasteiger partial charge on any atom is 0.282 e. The van der Waals surface area contributed by atoms with Gasteiger partial charge in [-0.05, 0) is 44.2 Å². The van der Waals surface area contributed by atoms with Crippen LogP contribution in [0.4, 0.5) is 0 Å². The summed E-state index contributed by atoms with van der Waals surface area (Å²) in [7, 11) is 0. The van der Waals surface area contributed by atoms with Crippen LogP contribution >= 0.6 is 11.6 Å². The van der Waals surface area contributed by atoms with Crippen LogP contribution in [0.3, 0.4) is 0 Å². The SMILES string of the molecule is CCOc1ccc2cc(C=Nn3c(C)nc4ccccc4c3=O)c(Cl)nc2c1. The standard InChI is InChI=1S/C21H17ClN4O2/c1-3-28-16-9-8-14-10-15(20(22)25-19(14)11-16)12-23-26-13(2)24-18-7-5-4-6-17(18)21(26)27/h4-12H,3H2,1-2H3.